The average molecular weight is 171 g/mol. The number of ketones is 1. The summed E-state index contributed by atoms with van der Waals surface area (Å²) in [4.78, 5) is 11.3. The van der Waals surface area contributed by atoms with Crippen molar-refractivity contribution < 1.29 is 9.21 Å². The number of halogens is 1. The highest BCUT2D eigenvalue weighted by molar-refractivity contribution is 6.29. The predicted octanol–water partition coefficient (Wildman–Crippen LogP) is 2.53. The molecule has 58 valence electrons. The van der Waals surface area contributed by atoms with Gasteiger partial charge in [0.1, 0.15) is 0 Å². The minimum absolute atomic E-state index is 0.0944. The lowest BCUT2D eigenvalue weighted by atomic mass is 10.2. The zero-order valence-electron chi connectivity index (χ0n) is 5.84. The molecule has 0 spiro atoms. The Morgan fingerprint density at radius 1 is 1.55 bits per heavy atom. The average Bonchev–Trinajstić information content (AvgIpc) is 2.74. The van der Waals surface area contributed by atoms with Crippen LogP contribution in [0.3, 0.4) is 0 Å². The molecule has 1 fully saturated rings. The van der Waals surface area contributed by atoms with E-state index in [9.17, 15) is 4.79 Å². The quantitative estimate of drug-likeness (QED) is 0.639. The van der Waals surface area contributed by atoms with E-state index in [0.717, 1.165) is 12.8 Å². The van der Waals surface area contributed by atoms with Crippen LogP contribution in [-0.2, 0) is 0 Å². The number of hydrogen-bond donors (Lipinski definition) is 0. The van der Waals surface area contributed by atoms with Gasteiger partial charge in [-0.1, -0.05) is 0 Å². The first kappa shape index (κ1) is 6.92. The molecule has 0 unspecified atom stereocenters. The van der Waals surface area contributed by atoms with Crippen LogP contribution in [0, 0.1) is 5.92 Å². The molecule has 3 heteroatoms. The van der Waals surface area contributed by atoms with Crippen molar-refractivity contribution in [1.29, 1.82) is 0 Å². The molecule has 0 amide bonds. The Morgan fingerprint density at radius 3 is 2.73 bits per heavy atom. The first-order valence-electron chi connectivity index (χ1n) is 3.57. The van der Waals surface area contributed by atoms with Crippen molar-refractivity contribution in [2.45, 2.75) is 12.8 Å². The van der Waals surface area contributed by atoms with Gasteiger partial charge >= 0.3 is 0 Å². The first-order valence-corrected chi connectivity index (χ1v) is 3.95. The normalized spacial score (nSPS) is 16.8. The molecule has 0 saturated heterocycles. The van der Waals surface area contributed by atoms with E-state index in [0.29, 0.717) is 5.76 Å². The number of furan rings is 1. The highest BCUT2D eigenvalue weighted by atomic mass is 35.5. The second-order valence-electron chi connectivity index (χ2n) is 2.74. The zero-order valence-corrected chi connectivity index (χ0v) is 6.60. The lowest BCUT2D eigenvalue weighted by Crippen LogP contribution is -1.98. The van der Waals surface area contributed by atoms with E-state index in [-0.39, 0.29) is 16.9 Å². The minimum atomic E-state index is 0.0944. The van der Waals surface area contributed by atoms with Gasteiger partial charge in [0.25, 0.3) is 0 Å². The van der Waals surface area contributed by atoms with Gasteiger partial charge in [0, 0.05) is 5.92 Å². The fourth-order valence-electron chi connectivity index (χ4n) is 0.993. The van der Waals surface area contributed by atoms with Gasteiger partial charge in [-0.3, -0.25) is 4.79 Å². The van der Waals surface area contributed by atoms with Gasteiger partial charge in [-0.25, -0.2) is 0 Å². The van der Waals surface area contributed by atoms with Crippen molar-refractivity contribution >= 4 is 17.4 Å². The molecular formula is C8H7ClO2. The molecular weight excluding hydrogens is 164 g/mol. The molecule has 2 rings (SSSR count). The third-order valence-corrected chi connectivity index (χ3v) is 1.97. The van der Waals surface area contributed by atoms with Crippen LogP contribution in [0.2, 0.25) is 5.22 Å². The van der Waals surface area contributed by atoms with E-state index in [1.807, 2.05) is 0 Å². The van der Waals surface area contributed by atoms with Crippen LogP contribution >= 0.6 is 11.6 Å². The predicted molar refractivity (Wildman–Crippen MR) is 40.8 cm³/mol. The van der Waals surface area contributed by atoms with Crippen molar-refractivity contribution in [3.63, 3.8) is 0 Å². The maximum absolute atomic E-state index is 11.3. The van der Waals surface area contributed by atoms with Gasteiger partial charge in [0.05, 0.1) is 0 Å². The van der Waals surface area contributed by atoms with E-state index < -0.39 is 0 Å². The van der Waals surface area contributed by atoms with Gasteiger partial charge in [-0.05, 0) is 36.6 Å². The SMILES string of the molecule is O=C(c1ccc(Cl)o1)C1CC1. The van der Waals surface area contributed by atoms with Crippen molar-refractivity contribution in [3.05, 3.63) is 23.1 Å². The maximum Gasteiger partial charge on any atom is 0.201 e. The fraction of sp³-hybridized carbons (Fsp3) is 0.375. The van der Waals surface area contributed by atoms with Crippen LogP contribution in [0.5, 0.6) is 0 Å². The Hall–Kier alpha value is -0.760. The van der Waals surface area contributed by atoms with Crippen LogP contribution < -0.4 is 0 Å². The van der Waals surface area contributed by atoms with Crippen LogP contribution in [0.25, 0.3) is 0 Å². The lowest BCUT2D eigenvalue weighted by Gasteiger charge is -1.89. The lowest BCUT2D eigenvalue weighted by molar-refractivity contribution is 0.0940. The molecule has 0 radical (unpaired) electrons. The fourth-order valence-corrected chi connectivity index (χ4v) is 1.14. The monoisotopic (exact) mass is 170 g/mol. The van der Waals surface area contributed by atoms with Gasteiger partial charge in [0.2, 0.25) is 5.78 Å². The van der Waals surface area contributed by atoms with Crippen LogP contribution in [0.1, 0.15) is 23.4 Å². The smallest absolute Gasteiger partial charge is 0.201 e. The number of carbonyl (C=O) groups excluding carboxylic acids is 1. The van der Waals surface area contributed by atoms with E-state index in [4.69, 9.17) is 16.0 Å². The molecule has 1 aromatic rings. The van der Waals surface area contributed by atoms with E-state index in [1.165, 1.54) is 0 Å². The molecule has 1 aliphatic rings. The Labute approximate surface area is 69.1 Å². The summed E-state index contributed by atoms with van der Waals surface area (Å²) in [5.74, 6) is 0.701. The highest BCUT2D eigenvalue weighted by Crippen LogP contribution is 2.33. The molecule has 2 nitrogen and oxygen atoms in total. The molecule has 11 heavy (non-hydrogen) atoms. The van der Waals surface area contributed by atoms with Crippen LogP contribution in [-0.4, -0.2) is 5.78 Å². The molecule has 1 aromatic heterocycles. The largest absolute Gasteiger partial charge is 0.442 e. The van der Waals surface area contributed by atoms with E-state index >= 15 is 0 Å². The number of carbonyl (C=O) groups is 1. The first-order chi connectivity index (χ1) is 5.27. The molecule has 0 aromatic carbocycles. The summed E-state index contributed by atoms with van der Waals surface area (Å²) < 4.78 is 4.96. The van der Waals surface area contributed by atoms with Crippen molar-refractivity contribution in [1.82, 2.24) is 0 Å². The number of hydrogen-bond acceptors (Lipinski definition) is 2. The Kier molecular flexibility index (Phi) is 1.50. The molecule has 1 heterocycles. The zero-order chi connectivity index (χ0) is 7.84. The second kappa shape index (κ2) is 2.38. The topological polar surface area (TPSA) is 30.2 Å². The molecule has 1 aliphatic carbocycles. The summed E-state index contributed by atoms with van der Waals surface area (Å²) in [7, 11) is 0. The summed E-state index contributed by atoms with van der Waals surface area (Å²) in [6.07, 6.45) is 1.99. The van der Waals surface area contributed by atoms with Crippen LogP contribution in [0.4, 0.5) is 0 Å². The summed E-state index contributed by atoms with van der Waals surface area (Å²) in [5, 5.41) is 0.286. The third-order valence-electron chi connectivity index (χ3n) is 1.76. The van der Waals surface area contributed by atoms with Crippen molar-refractivity contribution in [2.24, 2.45) is 5.92 Å². The van der Waals surface area contributed by atoms with Gasteiger partial charge in [-0.15, -0.1) is 0 Å². The summed E-state index contributed by atoms with van der Waals surface area (Å²) in [6, 6.07) is 3.22. The minimum Gasteiger partial charge on any atom is -0.442 e. The highest BCUT2D eigenvalue weighted by Gasteiger charge is 2.32. The number of Topliss-reactive ketones (excluding diaryl/α,β-unsaturated/α-hetero) is 1. The van der Waals surface area contributed by atoms with Crippen molar-refractivity contribution in [2.75, 3.05) is 0 Å². The van der Waals surface area contributed by atoms with Gasteiger partial charge in [0.15, 0.2) is 11.0 Å². The summed E-state index contributed by atoms with van der Waals surface area (Å²) in [6.45, 7) is 0. The molecule has 1 saturated carbocycles. The van der Waals surface area contributed by atoms with Crippen molar-refractivity contribution in [3.8, 4) is 0 Å². The van der Waals surface area contributed by atoms with Gasteiger partial charge in [-0.2, -0.15) is 0 Å². The molecule has 0 atom stereocenters. The standard InChI is InChI=1S/C8H7ClO2/c9-7-4-3-6(11-7)8(10)5-1-2-5/h3-5H,1-2H2. The van der Waals surface area contributed by atoms with Gasteiger partial charge < -0.3 is 4.42 Å². The third kappa shape index (κ3) is 1.31. The maximum atomic E-state index is 11.3. The second-order valence-corrected chi connectivity index (χ2v) is 3.11. The Bertz CT molecular complexity index is 286. The summed E-state index contributed by atoms with van der Waals surface area (Å²) >= 11 is 5.51. The van der Waals surface area contributed by atoms with E-state index in [1.54, 1.807) is 12.1 Å². The number of rotatable bonds is 2. The Balaban J connectivity index is 2.21. The summed E-state index contributed by atoms with van der Waals surface area (Å²) in [5.41, 5.74) is 0. The molecule has 0 N–H and O–H groups in total. The van der Waals surface area contributed by atoms with Crippen LogP contribution in [0.15, 0.2) is 16.5 Å². The Morgan fingerprint density at radius 2 is 2.27 bits per heavy atom. The van der Waals surface area contributed by atoms with E-state index in [2.05, 4.69) is 0 Å². The molecule has 0 bridgehead atoms. The molecule has 0 aliphatic heterocycles.